The van der Waals surface area contributed by atoms with Crippen LogP contribution in [0.4, 0.5) is 11.6 Å². The molecule has 2 aromatic heterocycles. The molecule has 184 valence electrons. The number of carbonyl (C=O) groups is 1. The summed E-state index contributed by atoms with van der Waals surface area (Å²) in [6.45, 7) is 8.93. The summed E-state index contributed by atoms with van der Waals surface area (Å²) in [5.41, 5.74) is 2.87. The number of aromatic nitrogens is 3. The summed E-state index contributed by atoms with van der Waals surface area (Å²) < 4.78 is 7.69. The van der Waals surface area contributed by atoms with Crippen molar-refractivity contribution in [2.75, 3.05) is 32.6 Å². The highest BCUT2D eigenvalue weighted by molar-refractivity contribution is 5.99. The quantitative estimate of drug-likeness (QED) is 0.492. The molecule has 3 aliphatic rings. The lowest BCUT2D eigenvalue weighted by Crippen LogP contribution is -2.69. The van der Waals surface area contributed by atoms with Crippen molar-refractivity contribution >= 4 is 28.5 Å². The van der Waals surface area contributed by atoms with Crippen LogP contribution in [0.2, 0.25) is 0 Å². The number of carbonyl (C=O) groups excluding carboxylic acids is 1. The lowest BCUT2D eigenvalue weighted by molar-refractivity contribution is -0.162. The molecule has 0 aliphatic heterocycles. The monoisotopic (exact) mass is 475 g/mol. The fourth-order valence-electron chi connectivity index (χ4n) is 5.63. The van der Waals surface area contributed by atoms with Crippen molar-refractivity contribution in [1.29, 1.82) is 0 Å². The van der Waals surface area contributed by atoms with Gasteiger partial charge in [-0.3, -0.25) is 14.2 Å². The second-order valence-electron chi connectivity index (χ2n) is 10.4. The second kappa shape index (κ2) is 8.45. The number of hydrogen-bond donors (Lipinski definition) is 1. The first kappa shape index (κ1) is 23.5. The average Bonchev–Trinajstić information content (AvgIpc) is 2.76. The number of nitrogens with zero attached hydrogens (tertiary/aromatic N) is 4. The summed E-state index contributed by atoms with van der Waals surface area (Å²) in [5.74, 6) is 2.10. The Morgan fingerprint density at radius 2 is 2.03 bits per heavy atom. The van der Waals surface area contributed by atoms with E-state index in [2.05, 4.69) is 22.1 Å². The number of pyridine rings is 1. The van der Waals surface area contributed by atoms with Crippen molar-refractivity contribution in [1.82, 2.24) is 19.4 Å². The van der Waals surface area contributed by atoms with Crippen LogP contribution in [0.1, 0.15) is 48.2 Å². The summed E-state index contributed by atoms with van der Waals surface area (Å²) in [4.78, 5) is 37.4. The molecule has 35 heavy (non-hydrogen) atoms. The Labute approximate surface area is 205 Å². The first-order valence-electron chi connectivity index (χ1n) is 12.2. The van der Waals surface area contributed by atoms with Crippen molar-refractivity contribution in [3.05, 3.63) is 51.4 Å². The number of fused-ring (bicyclic) bond motifs is 1. The van der Waals surface area contributed by atoms with Gasteiger partial charge in [-0.25, -0.2) is 4.98 Å². The molecule has 3 aliphatic carbocycles. The molecule has 2 bridgehead atoms. The van der Waals surface area contributed by atoms with Crippen LogP contribution in [0, 0.1) is 25.7 Å². The van der Waals surface area contributed by atoms with Crippen molar-refractivity contribution in [3.63, 3.8) is 0 Å². The molecule has 3 aromatic rings. The van der Waals surface area contributed by atoms with Gasteiger partial charge in [0.25, 0.3) is 5.56 Å². The molecule has 0 spiro atoms. The lowest BCUT2D eigenvalue weighted by atomic mass is 9.42. The zero-order valence-electron chi connectivity index (χ0n) is 21.3. The van der Waals surface area contributed by atoms with Gasteiger partial charge in [0.05, 0.1) is 11.1 Å². The summed E-state index contributed by atoms with van der Waals surface area (Å²) >= 11 is 0. The summed E-state index contributed by atoms with van der Waals surface area (Å²) in [6, 6.07) is 5.88. The zero-order valence-corrected chi connectivity index (χ0v) is 21.3. The number of benzene rings is 1. The third-order valence-electron chi connectivity index (χ3n) is 7.99. The van der Waals surface area contributed by atoms with Crippen molar-refractivity contribution in [2.24, 2.45) is 11.8 Å². The standard InChI is InChI=1S/C27H33N5O3/c1-15-11-20(7-8-22(15)35-10-9-31(5)6)29-26-28-14-21-16(2)23(18(4)33)25(34)32(24(21)30-26)27-12-19(13-27)17(27)3/h7-8,11,14,17,19H,9-10,12-13H2,1-6H3,(H,28,29,30)/t17-,19?,27?/m1/s1. The van der Waals surface area contributed by atoms with E-state index in [4.69, 9.17) is 9.72 Å². The normalized spacial score (nSPS) is 22.6. The molecule has 8 heteroatoms. The van der Waals surface area contributed by atoms with Crippen LogP contribution >= 0.6 is 0 Å². The molecule has 0 saturated heterocycles. The first-order chi connectivity index (χ1) is 16.6. The predicted molar refractivity (Wildman–Crippen MR) is 137 cm³/mol. The van der Waals surface area contributed by atoms with E-state index < -0.39 is 0 Å². The maximum atomic E-state index is 13.6. The third kappa shape index (κ3) is 3.71. The van der Waals surface area contributed by atoms with E-state index in [1.54, 1.807) is 10.8 Å². The van der Waals surface area contributed by atoms with E-state index in [1.165, 1.54) is 6.92 Å². The van der Waals surface area contributed by atoms with E-state index in [-0.39, 0.29) is 22.4 Å². The molecule has 2 heterocycles. The summed E-state index contributed by atoms with van der Waals surface area (Å²) in [5, 5.41) is 4.03. The van der Waals surface area contributed by atoms with Crippen molar-refractivity contribution < 1.29 is 9.53 Å². The van der Waals surface area contributed by atoms with Crippen molar-refractivity contribution in [2.45, 2.75) is 46.1 Å². The van der Waals surface area contributed by atoms with E-state index >= 15 is 0 Å². The van der Waals surface area contributed by atoms with Gasteiger partial charge in [-0.2, -0.15) is 4.98 Å². The Morgan fingerprint density at radius 3 is 2.60 bits per heavy atom. The number of Topliss-reactive ketones (excluding diaryl/α,β-unsaturated/α-hetero) is 1. The van der Waals surface area contributed by atoms with E-state index in [1.807, 2.05) is 46.1 Å². The van der Waals surface area contributed by atoms with Crippen LogP contribution in [0.25, 0.3) is 11.0 Å². The van der Waals surface area contributed by atoms with Crippen molar-refractivity contribution in [3.8, 4) is 5.75 Å². The number of anilines is 2. The summed E-state index contributed by atoms with van der Waals surface area (Å²) in [6.07, 6.45) is 3.65. The largest absolute Gasteiger partial charge is 0.492 e. The molecule has 0 radical (unpaired) electrons. The number of likely N-dealkylation sites (N-methyl/N-ethyl adjacent to an activating group) is 1. The Hall–Kier alpha value is -3.26. The molecule has 0 amide bonds. The second-order valence-corrected chi connectivity index (χ2v) is 10.4. The lowest BCUT2D eigenvalue weighted by Gasteiger charge is -2.68. The highest BCUT2D eigenvalue weighted by Crippen LogP contribution is 2.66. The molecule has 0 unspecified atom stereocenters. The number of ether oxygens (including phenoxy) is 1. The average molecular weight is 476 g/mol. The van der Waals surface area contributed by atoms with Crippen LogP contribution < -0.4 is 15.6 Å². The number of rotatable bonds is 8. The van der Waals surface area contributed by atoms with Gasteiger partial charge in [0.15, 0.2) is 5.78 Å². The Morgan fingerprint density at radius 1 is 1.29 bits per heavy atom. The van der Waals surface area contributed by atoms with Gasteiger partial charge in [-0.05, 0) is 88.9 Å². The van der Waals surface area contributed by atoms with Gasteiger partial charge >= 0.3 is 0 Å². The first-order valence-corrected chi connectivity index (χ1v) is 12.2. The van der Waals surface area contributed by atoms with Crippen LogP contribution in [0.3, 0.4) is 0 Å². The number of ketones is 1. The smallest absolute Gasteiger partial charge is 0.263 e. The maximum Gasteiger partial charge on any atom is 0.263 e. The van der Waals surface area contributed by atoms with Crippen LogP contribution in [-0.4, -0.2) is 52.5 Å². The van der Waals surface area contributed by atoms with Gasteiger partial charge in [-0.1, -0.05) is 6.92 Å². The Bertz CT molecular complexity index is 1390. The fourth-order valence-corrected chi connectivity index (χ4v) is 5.63. The highest BCUT2D eigenvalue weighted by atomic mass is 16.5. The molecule has 6 rings (SSSR count). The number of aryl methyl sites for hydroxylation is 2. The minimum absolute atomic E-state index is 0.215. The molecular weight excluding hydrogens is 442 g/mol. The molecule has 8 nitrogen and oxygen atoms in total. The Kier molecular flexibility index (Phi) is 5.67. The van der Waals surface area contributed by atoms with Crippen LogP contribution in [0.5, 0.6) is 5.75 Å². The molecule has 3 saturated carbocycles. The molecule has 1 aromatic carbocycles. The zero-order chi connectivity index (χ0) is 25.1. The van der Waals surface area contributed by atoms with E-state index in [9.17, 15) is 9.59 Å². The number of nitrogens with one attached hydrogen (secondary N) is 1. The molecule has 1 N–H and O–H groups in total. The predicted octanol–water partition coefficient (Wildman–Crippen LogP) is 4.05. The highest BCUT2D eigenvalue weighted by Gasteiger charge is 2.65. The molecule has 1 atom stereocenters. The van der Waals surface area contributed by atoms with Gasteiger partial charge < -0.3 is 15.0 Å². The fraction of sp³-hybridized carbons (Fsp3) is 0.481. The van der Waals surface area contributed by atoms with E-state index in [0.29, 0.717) is 35.6 Å². The summed E-state index contributed by atoms with van der Waals surface area (Å²) in [7, 11) is 4.03. The molecular formula is C27H33N5O3. The maximum absolute atomic E-state index is 13.6. The van der Waals surface area contributed by atoms with Crippen LogP contribution in [0.15, 0.2) is 29.2 Å². The Balaban J connectivity index is 1.51. The third-order valence-corrected chi connectivity index (χ3v) is 7.99. The topological polar surface area (TPSA) is 89.3 Å². The van der Waals surface area contributed by atoms with E-state index in [0.717, 1.165) is 41.8 Å². The SMILES string of the molecule is CC(=O)c1c(C)c2cnc(Nc3ccc(OCCN(C)C)c(C)c3)nc2n(C23CC(C2)[C@H]3C)c1=O. The van der Waals surface area contributed by atoms with Crippen LogP contribution in [-0.2, 0) is 5.54 Å². The minimum atomic E-state index is -0.244. The minimum Gasteiger partial charge on any atom is -0.492 e. The van der Waals surface area contributed by atoms with Gasteiger partial charge in [-0.15, -0.1) is 0 Å². The van der Waals surface area contributed by atoms with Gasteiger partial charge in [0, 0.05) is 23.8 Å². The number of hydrogen-bond acceptors (Lipinski definition) is 7. The molecule has 3 fully saturated rings. The van der Waals surface area contributed by atoms with Gasteiger partial charge in [0.2, 0.25) is 5.95 Å². The van der Waals surface area contributed by atoms with Gasteiger partial charge in [0.1, 0.15) is 18.0 Å².